The monoisotopic (exact) mass is 487 g/mol. The molecule has 7 heteroatoms. The first-order valence-corrected chi connectivity index (χ1v) is 12.2. The van der Waals surface area contributed by atoms with E-state index in [4.69, 9.17) is 0 Å². The van der Waals surface area contributed by atoms with Crippen molar-refractivity contribution >= 4 is 17.8 Å². The van der Waals surface area contributed by atoms with Gasteiger partial charge in [0.05, 0.1) is 12.1 Å². The Balaban J connectivity index is 3.34. The summed E-state index contributed by atoms with van der Waals surface area (Å²) in [6.45, 7) is 17.2. The van der Waals surface area contributed by atoms with E-state index in [1.165, 1.54) is 6.92 Å². The second-order valence-electron chi connectivity index (χ2n) is 11.4. The summed E-state index contributed by atoms with van der Waals surface area (Å²) in [5.41, 5.74) is 1.21. The van der Waals surface area contributed by atoms with Crippen LogP contribution in [0, 0.1) is 18.3 Å². The summed E-state index contributed by atoms with van der Waals surface area (Å²) >= 11 is 0. The zero-order chi connectivity index (χ0) is 27.3. The Hall–Kier alpha value is -2.67. The van der Waals surface area contributed by atoms with Gasteiger partial charge in [-0.15, -0.1) is 0 Å². The number of hydrogen-bond acceptors (Lipinski definition) is 4. The second-order valence-corrected chi connectivity index (χ2v) is 11.4. The minimum atomic E-state index is -1.02. The molecular weight excluding hydrogens is 442 g/mol. The van der Waals surface area contributed by atoms with E-state index < -0.39 is 34.9 Å². The van der Waals surface area contributed by atoms with Gasteiger partial charge in [0.1, 0.15) is 6.04 Å². The molecule has 0 unspecified atom stereocenters. The van der Waals surface area contributed by atoms with Crippen LogP contribution in [0.1, 0.15) is 66.5 Å². The number of rotatable bonds is 10. The van der Waals surface area contributed by atoms with E-state index in [1.807, 2.05) is 79.7 Å². The molecule has 0 bridgehead atoms. The van der Waals surface area contributed by atoms with Crippen molar-refractivity contribution in [2.24, 2.45) is 11.3 Å². The SMILES string of the molecule is CN[C@@H](C(=O)N[C@H](C(=O)N(C)[C@H](C=C(C)C(=O)O)C(C)C)C(C)(C)C)C(C)(C)c1ccccc1C. The van der Waals surface area contributed by atoms with E-state index in [1.54, 1.807) is 25.1 Å². The number of aryl methyl sites for hydroxylation is 1. The van der Waals surface area contributed by atoms with Crippen molar-refractivity contribution in [1.29, 1.82) is 0 Å². The van der Waals surface area contributed by atoms with Gasteiger partial charge in [0.15, 0.2) is 0 Å². The largest absolute Gasteiger partial charge is 0.478 e. The summed E-state index contributed by atoms with van der Waals surface area (Å²) in [6, 6.07) is 6.17. The van der Waals surface area contributed by atoms with E-state index in [9.17, 15) is 19.5 Å². The number of nitrogens with one attached hydrogen (secondary N) is 2. The van der Waals surface area contributed by atoms with Crippen LogP contribution in [0.5, 0.6) is 0 Å². The highest BCUT2D eigenvalue weighted by Gasteiger charge is 2.42. The number of amides is 2. The van der Waals surface area contributed by atoms with Crippen LogP contribution in [-0.4, -0.2) is 60.0 Å². The van der Waals surface area contributed by atoms with Crippen molar-refractivity contribution in [2.45, 2.75) is 85.9 Å². The van der Waals surface area contributed by atoms with E-state index in [0.717, 1.165) is 11.1 Å². The van der Waals surface area contributed by atoms with Crippen molar-refractivity contribution in [3.05, 3.63) is 47.0 Å². The van der Waals surface area contributed by atoms with Gasteiger partial charge in [0.25, 0.3) is 0 Å². The summed E-state index contributed by atoms with van der Waals surface area (Å²) in [4.78, 5) is 40.3. The van der Waals surface area contributed by atoms with E-state index >= 15 is 0 Å². The molecule has 3 N–H and O–H groups in total. The molecule has 0 aliphatic heterocycles. The van der Waals surface area contributed by atoms with E-state index in [-0.39, 0.29) is 23.3 Å². The zero-order valence-electron chi connectivity index (χ0n) is 23.3. The molecule has 0 spiro atoms. The number of nitrogens with zero attached hydrogens (tertiary/aromatic N) is 1. The fraction of sp³-hybridized carbons (Fsp3) is 0.607. The first-order chi connectivity index (χ1) is 16.0. The number of carbonyl (C=O) groups is 3. The van der Waals surface area contributed by atoms with Gasteiger partial charge in [0.2, 0.25) is 11.8 Å². The van der Waals surface area contributed by atoms with Crippen LogP contribution >= 0.6 is 0 Å². The molecule has 196 valence electrons. The number of carbonyl (C=O) groups excluding carboxylic acids is 2. The molecule has 0 aliphatic carbocycles. The van der Waals surface area contributed by atoms with Crippen LogP contribution in [0.2, 0.25) is 0 Å². The minimum Gasteiger partial charge on any atom is -0.478 e. The molecule has 2 amide bonds. The predicted octanol–water partition coefficient (Wildman–Crippen LogP) is 3.91. The predicted molar refractivity (Wildman–Crippen MR) is 141 cm³/mol. The topological polar surface area (TPSA) is 98.7 Å². The standard InChI is InChI=1S/C28H45N3O4/c1-17(2)21(16-19(4)26(34)35)31(11)25(33)23(27(5,6)7)30-24(32)22(29-10)28(8,9)20-15-13-12-14-18(20)3/h12-17,21-23,29H,1-11H3,(H,30,32)(H,34,35)/t21-,22+,23-/m1/s1. The maximum atomic E-state index is 13.7. The fourth-order valence-corrected chi connectivity index (χ4v) is 4.57. The van der Waals surface area contributed by atoms with Crippen molar-refractivity contribution in [1.82, 2.24) is 15.5 Å². The number of aliphatic carboxylic acids is 1. The van der Waals surface area contributed by atoms with Crippen LogP contribution in [0.3, 0.4) is 0 Å². The third-order valence-corrected chi connectivity index (χ3v) is 6.75. The molecule has 7 nitrogen and oxygen atoms in total. The number of carboxylic acid groups (broad SMARTS) is 1. The quantitative estimate of drug-likeness (QED) is 0.435. The second kappa shape index (κ2) is 11.8. The molecule has 1 rings (SSSR count). The highest BCUT2D eigenvalue weighted by atomic mass is 16.4. The Bertz CT molecular complexity index is 944. The third-order valence-electron chi connectivity index (χ3n) is 6.75. The van der Waals surface area contributed by atoms with Gasteiger partial charge in [-0.05, 0) is 43.4 Å². The fourth-order valence-electron chi connectivity index (χ4n) is 4.57. The number of benzene rings is 1. The Morgan fingerprint density at radius 2 is 1.57 bits per heavy atom. The Morgan fingerprint density at radius 3 is 2.00 bits per heavy atom. The molecule has 0 saturated carbocycles. The Labute approximate surface area is 211 Å². The van der Waals surface area contributed by atoms with E-state index in [2.05, 4.69) is 10.6 Å². The molecule has 0 fully saturated rings. The first kappa shape index (κ1) is 30.4. The molecule has 0 heterocycles. The Kier molecular flexibility index (Phi) is 10.3. The third kappa shape index (κ3) is 7.40. The van der Waals surface area contributed by atoms with E-state index in [0.29, 0.717) is 0 Å². The molecule has 35 heavy (non-hydrogen) atoms. The molecule has 0 saturated heterocycles. The van der Waals surface area contributed by atoms with Crippen LogP contribution in [0.15, 0.2) is 35.9 Å². The molecule has 1 aromatic rings. The van der Waals surface area contributed by atoms with Crippen molar-refractivity contribution < 1.29 is 19.5 Å². The minimum absolute atomic E-state index is 0.0142. The van der Waals surface area contributed by atoms with Crippen LogP contribution < -0.4 is 10.6 Å². The first-order valence-electron chi connectivity index (χ1n) is 12.2. The number of carboxylic acids is 1. The van der Waals surface area contributed by atoms with Crippen LogP contribution in [-0.2, 0) is 19.8 Å². The van der Waals surface area contributed by atoms with Crippen LogP contribution in [0.25, 0.3) is 0 Å². The summed E-state index contributed by atoms with van der Waals surface area (Å²) in [6.07, 6.45) is 1.60. The highest BCUT2D eigenvalue weighted by molar-refractivity contribution is 5.91. The normalized spacial score (nSPS) is 15.4. The maximum Gasteiger partial charge on any atom is 0.331 e. The smallest absolute Gasteiger partial charge is 0.331 e. The molecular formula is C28H45N3O4. The molecule has 1 aromatic carbocycles. The lowest BCUT2D eigenvalue weighted by molar-refractivity contribution is -0.141. The molecule has 0 radical (unpaired) electrons. The lowest BCUT2D eigenvalue weighted by atomic mass is 9.75. The average molecular weight is 488 g/mol. The van der Waals surface area contributed by atoms with Crippen molar-refractivity contribution in [3.63, 3.8) is 0 Å². The molecule has 0 aromatic heterocycles. The highest BCUT2D eigenvalue weighted by Crippen LogP contribution is 2.31. The summed E-state index contributed by atoms with van der Waals surface area (Å²) in [5, 5.41) is 15.5. The lowest BCUT2D eigenvalue weighted by Gasteiger charge is -2.40. The zero-order valence-corrected chi connectivity index (χ0v) is 23.3. The number of likely N-dealkylation sites (N-methyl/N-ethyl adjacent to an activating group) is 2. The van der Waals surface area contributed by atoms with Gasteiger partial charge >= 0.3 is 5.97 Å². The molecule has 0 aliphatic rings. The van der Waals surface area contributed by atoms with Gasteiger partial charge in [-0.25, -0.2) is 4.79 Å². The van der Waals surface area contributed by atoms with Crippen molar-refractivity contribution in [3.8, 4) is 0 Å². The molecule has 3 atom stereocenters. The summed E-state index contributed by atoms with van der Waals surface area (Å²) in [7, 11) is 3.41. The van der Waals surface area contributed by atoms with Gasteiger partial charge in [-0.2, -0.15) is 0 Å². The average Bonchev–Trinajstić information content (AvgIpc) is 2.73. The van der Waals surface area contributed by atoms with Crippen LogP contribution in [0.4, 0.5) is 0 Å². The summed E-state index contributed by atoms with van der Waals surface area (Å²) < 4.78 is 0. The lowest BCUT2D eigenvalue weighted by Crippen LogP contribution is -2.61. The van der Waals surface area contributed by atoms with Gasteiger partial charge in [-0.1, -0.05) is 78.8 Å². The Morgan fingerprint density at radius 1 is 1.03 bits per heavy atom. The maximum absolute atomic E-state index is 13.7. The van der Waals surface area contributed by atoms with Crippen molar-refractivity contribution in [2.75, 3.05) is 14.1 Å². The summed E-state index contributed by atoms with van der Waals surface area (Å²) in [5.74, 6) is -1.56. The van der Waals surface area contributed by atoms with Gasteiger partial charge < -0.3 is 20.6 Å². The van der Waals surface area contributed by atoms with Gasteiger partial charge in [0, 0.05) is 18.0 Å². The van der Waals surface area contributed by atoms with Gasteiger partial charge in [-0.3, -0.25) is 9.59 Å². The number of hydrogen-bond donors (Lipinski definition) is 3.